The smallest absolute Gasteiger partial charge is 0.416 e. The molecule has 0 aliphatic rings. The van der Waals surface area contributed by atoms with Gasteiger partial charge in [-0.2, -0.15) is 22.7 Å². The van der Waals surface area contributed by atoms with Crippen LogP contribution < -0.4 is 4.74 Å². The molecule has 0 unspecified atom stereocenters. The van der Waals surface area contributed by atoms with Crippen LogP contribution in [0.3, 0.4) is 0 Å². The first kappa shape index (κ1) is 17.3. The van der Waals surface area contributed by atoms with Crippen LogP contribution in [0.5, 0.6) is 5.75 Å². The van der Waals surface area contributed by atoms with Crippen LogP contribution in [0.2, 0.25) is 0 Å². The standard InChI is InChI=1S/C12H13F3N2O3S/c1-17(7-6-16)21(18,19)8-9-10(12(13,14)15)4-3-5-11(9)20-2/h3-5H,7-8H2,1-2H3. The fourth-order valence-electron chi connectivity index (χ4n) is 1.66. The number of alkyl halides is 3. The molecule has 9 heteroatoms. The molecule has 1 rings (SSSR count). The highest BCUT2D eigenvalue weighted by Crippen LogP contribution is 2.37. The Balaban J connectivity index is 3.33. The van der Waals surface area contributed by atoms with Crippen LogP contribution in [-0.2, 0) is 22.0 Å². The van der Waals surface area contributed by atoms with Gasteiger partial charge >= 0.3 is 6.18 Å². The van der Waals surface area contributed by atoms with Gasteiger partial charge in [-0.1, -0.05) is 6.07 Å². The minimum Gasteiger partial charge on any atom is -0.496 e. The summed E-state index contributed by atoms with van der Waals surface area (Å²) >= 11 is 0. The average Bonchev–Trinajstić information content (AvgIpc) is 2.37. The van der Waals surface area contributed by atoms with Crippen molar-refractivity contribution in [3.63, 3.8) is 0 Å². The summed E-state index contributed by atoms with van der Waals surface area (Å²) in [5.41, 5.74) is -1.55. The maximum Gasteiger partial charge on any atom is 0.416 e. The van der Waals surface area contributed by atoms with Gasteiger partial charge in [0.2, 0.25) is 10.0 Å². The van der Waals surface area contributed by atoms with Gasteiger partial charge in [0, 0.05) is 12.6 Å². The maximum absolute atomic E-state index is 13.0. The largest absolute Gasteiger partial charge is 0.496 e. The van der Waals surface area contributed by atoms with Gasteiger partial charge < -0.3 is 4.74 Å². The third-order valence-corrected chi connectivity index (χ3v) is 4.49. The van der Waals surface area contributed by atoms with Gasteiger partial charge in [-0.3, -0.25) is 0 Å². The number of benzene rings is 1. The fourth-order valence-corrected chi connectivity index (χ4v) is 2.80. The Labute approximate surface area is 120 Å². The summed E-state index contributed by atoms with van der Waals surface area (Å²) in [5.74, 6) is -1.07. The van der Waals surface area contributed by atoms with Crippen molar-refractivity contribution in [2.75, 3.05) is 20.7 Å². The first-order chi connectivity index (χ1) is 9.63. The van der Waals surface area contributed by atoms with E-state index in [0.29, 0.717) is 4.31 Å². The molecule has 0 fully saturated rings. The number of nitrogens with zero attached hydrogens (tertiary/aromatic N) is 2. The van der Waals surface area contributed by atoms with Crippen molar-refractivity contribution in [2.24, 2.45) is 0 Å². The molecule has 0 bridgehead atoms. The van der Waals surface area contributed by atoms with E-state index in [4.69, 9.17) is 10.00 Å². The van der Waals surface area contributed by atoms with Crippen molar-refractivity contribution in [1.29, 1.82) is 5.26 Å². The molecule has 116 valence electrons. The van der Waals surface area contributed by atoms with Gasteiger partial charge in [0.25, 0.3) is 0 Å². The molecule has 0 saturated carbocycles. The molecular formula is C12H13F3N2O3S. The predicted molar refractivity (Wildman–Crippen MR) is 68.9 cm³/mol. The number of methoxy groups -OCH3 is 1. The zero-order valence-electron chi connectivity index (χ0n) is 11.3. The third-order valence-electron chi connectivity index (χ3n) is 2.75. The van der Waals surface area contributed by atoms with E-state index in [1.165, 1.54) is 6.07 Å². The number of hydrogen-bond donors (Lipinski definition) is 0. The summed E-state index contributed by atoms with van der Waals surface area (Å²) in [6.07, 6.45) is -4.70. The second kappa shape index (κ2) is 6.32. The highest BCUT2D eigenvalue weighted by Gasteiger charge is 2.36. The lowest BCUT2D eigenvalue weighted by Gasteiger charge is -2.19. The van der Waals surface area contributed by atoms with Gasteiger partial charge in [-0.15, -0.1) is 0 Å². The van der Waals surface area contributed by atoms with Gasteiger partial charge in [0.1, 0.15) is 12.3 Å². The number of rotatable bonds is 5. The lowest BCUT2D eigenvalue weighted by Crippen LogP contribution is -2.29. The van der Waals surface area contributed by atoms with Crippen molar-refractivity contribution in [3.8, 4) is 11.8 Å². The molecular weight excluding hydrogens is 309 g/mol. The highest BCUT2D eigenvalue weighted by atomic mass is 32.2. The summed E-state index contributed by atoms with van der Waals surface area (Å²) in [4.78, 5) is 0. The van der Waals surface area contributed by atoms with E-state index in [-0.39, 0.29) is 5.75 Å². The van der Waals surface area contributed by atoms with E-state index in [1.807, 2.05) is 0 Å². The zero-order valence-corrected chi connectivity index (χ0v) is 12.1. The zero-order chi connectivity index (χ0) is 16.3. The molecule has 21 heavy (non-hydrogen) atoms. The van der Waals surface area contributed by atoms with E-state index in [1.54, 1.807) is 6.07 Å². The lowest BCUT2D eigenvalue weighted by molar-refractivity contribution is -0.138. The molecule has 0 saturated heterocycles. The molecule has 0 heterocycles. The first-order valence-electron chi connectivity index (χ1n) is 5.67. The summed E-state index contributed by atoms with van der Waals surface area (Å²) < 4.78 is 68.4. The van der Waals surface area contributed by atoms with Gasteiger partial charge in [0.05, 0.1) is 24.5 Å². The average molecular weight is 322 g/mol. The molecule has 0 aliphatic heterocycles. The third kappa shape index (κ3) is 4.09. The molecule has 0 amide bonds. The Morgan fingerprint density at radius 1 is 1.38 bits per heavy atom. The number of ether oxygens (including phenoxy) is 1. The lowest BCUT2D eigenvalue weighted by atomic mass is 10.1. The maximum atomic E-state index is 13.0. The number of halogens is 3. The Morgan fingerprint density at radius 2 is 2.00 bits per heavy atom. The molecule has 0 radical (unpaired) electrons. The first-order valence-corrected chi connectivity index (χ1v) is 7.28. The SMILES string of the molecule is COc1cccc(C(F)(F)F)c1CS(=O)(=O)N(C)CC#N. The number of hydrogen-bond acceptors (Lipinski definition) is 4. The van der Waals surface area contributed by atoms with Crippen molar-refractivity contribution in [1.82, 2.24) is 4.31 Å². The molecule has 0 N–H and O–H groups in total. The van der Waals surface area contributed by atoms with E-state index in [2.05, 4.69) is 0 Å². The number of nitriles is 1. The fraction of sp³-hybridized carbons (Fsp3) is 0.417. The van der Waals surface area contributed by atoms with Crippen molar-refractivity contribution < 1.29 is 26.3 Å². The quantitative estimate of drug-likeness (QED) is 0.778. The van der Waals surface area contributed by atoms with Crippen LogP contribution in [0.25, 0.3) is 0 Å². The second-order valence-corrected chi connectivity index (χ2v) is 6.23. The van der Waals surface area contributed by atoms with Crippen molar-refractivity contribution in [3.05, 3.63) is 29.3 Å². The van der Waals surface area contributed by atoms with Crippen LogP contribution in [0.4, 0.5) is 13.2 Å². The van der Waals surface area contributed by atoms with Gasteiger partial charge in [0.15, 0.2) is 0 Å². The van der Waals surface area contributed by atoms with Crippen LogP contribution in [-0.4, -0.2) is 33.4 Å². The van der Waals surface area contributed by atoms with E-state index < -0.39 is 39.6 Å². The van der Waals surface area contributed by atoms with Crippen LogP contribution in [0, 0.1) is 11.3 Å². The normalized spacial score (nSPS) is 12.2. The molecule has 0 aliphatic carbocycles. The van der Waals surface area contributed by atoms with E-state index >= 15 is 0 Å². The minimum atomic E-state index is -4.70. The van der Waals surface area contributed by atoms with E-state index in [9.17, 15) is 21.6 Å². The summed E-state index contributed by atoms with van der Waals surface area (Å²) in [6.45, 7) is -0.446. The van der Waals surface area contributed by atoms with Crippen LogP contribution in [0.15, 0.2) is 18.2 Å². The minimum absolute atomic E-state index is 0.168. The van der Waals surface area contributed by atoms with Crippen LogP contribution >= 0.6 is 0 Å². The Kier molecular flexibility index (Phi) is 5.20. The topological polar surface area (TPSA) is 70.4 Å². The highest BCUT2D eigenvalue weighted by molar-refractivity contribution is 7.88. The Hall–Kier alpha value is -1.79. The molecule has 1 aromatic carbocycles. The molecule has 0 spiro atoms. The summed E-state index contributed by atoms with van der Waals surface area (Å²) in [5, 5.41) is 8.49. The Morgan fingerprint density at radius 3 is 2.48 bits per heavy atom. The molecule has 1 aromatic rings. The summed E-state index contributed by atoms with van der Waals surface area (Å²) in [6, 6.07) is 4.81. The molecule has 0 aromatic heterocycles. The van der Waals surface area contributed by atoms with E-state index in [0.717, 1.165) is 26.3 Å². The van der Waals surface area contributed by atoms with Crippen LogP contribution in [0.1, 0.15) is 11.1 Å². The van der Waals surface area contributed by atoms with Gasteiger partial charge in [-0.25, -0.2) is 8.42 Å². The summed E-state index contributed by atoms with van der Waals surface area (Å²) in [7, 11) is -1.78. The van der Waals surface area contributed by atoms with Crippen molar-refractivity contribution in [2.45, 2.75) is 11.9 Å². The predicted octanol–water partition coefficient (Wildman–Crippen LogP) is 2.00. The van der Waals surface area contributed by atoms with Gasteiger partial charge in [-0.05, 0) is 12.1 Å². The molecule has 0 atom stereocenters. The molecule has 5 nitrogen and oxygen atoms in total. The van der Waals surface area contributed by atoms with Crippen molar-refractivity contribution >= 4 is 10.0 Å². The Bertz CT molecular complexity index is 651. The monoisotopic (exact) mass is 322 g/mol. The number of sulfonamides is 1. The second-order valence-electron chi connectivity index (χ2n) is 4.15.